The lowest BCUT2D eigenvalue weighted by Gasteiger charge is -2.11. The molecule has 0 fully saturated rings. The Kier molecular flexibility index (Phi) is 4.57. The number of halogens is 3. The molecule has 1 N–H and O–H groups in total. The Morgan fingerprint density at radius 1 is 1.37 bits per heavy atom. The van der Waals surface area contributed by atoms with E-state index in [-0.39, 0.29) is 5.82 Å². The zero-order valence-electron chi connectivity index (χ0n) is 10.5. The second-order valence-corrected chi connectivity index (χ2v) is 5.37. The fraction of sp³-hybridized carbons (Fsp3) is 0.231. The summed E-state index contributed by atoms with van der Waals surface area (Å²) in [6.07, 6.45) is 0.793. The van der Waals surface area contributed by atoms with Crippen molar-refractivity contribution in [3.8, 4) is 11.4 Å². The van der Waals surface area contributed by atoms with Crippen LogP contribution in [0, 0.1) is 9.39 Å². The van der Waals surface area contributed by atoms with Crippen molar-refractivity contribution in [2.45, 2.75) is 13.3 Å². The van der Waals surface area contributed by atoms with Crippen LogP contribution in [0.3, 0.4) is 0 Å². The van der Waals surface area contributed by atoms with Crippen molar-refractivity contribution in [3.05, 3.63) is 38.3 Å². The topological polar surface area (TPSA) is 37.8 Å². The number of aromatic nitrogens is 2. The predicted molar refractivity (Wildman–Crippen MR) is 84.1 cm³/mol. The van der Waals surface area contributed by atoms with Gasteiger partial charge in [-0.05, 0) is 47.2 Å². The van der Waals surface area contributed by atoms with E-state index in [1.54, 1.807) is 13.1 Å². The molecule has 0 aliphatic rings. The van der Waals surface area contributed by atoms with Crippen LogP contribution in [0.2, 0.25) is 5.02 Å². The quantitative estimate of drug-likeness (QED) is 0.799. The van der Waals surface area contributed by atoms with Gasteiger partial charge in [-0.3, -0.25) is 0 Å². The van der Waals surface area contributed by atoms with Gasteiger partial charge in [0.2, 0.25) is 0 Å². The molecule has 2 rings (SSSR count). The smallest absolute Gasteiger partial charge is 0.163 e. The SMILES string of the molecule is CCc1nc(-c2ccc(F)cc2Cl)nc(NC)c1I. The van der Waals surface area contributed by atoms with E-state index in [0.29, 0.717) is 16.4 Å². The molecule has 2 aromatic rings. The van der Waals surface area contributed by atoms with Gasteiger partial charge in [-0.2, -0.15) is 0 Å². The van der Waals surface area contributed by atoms with E-state index in [9.17, 15) is 4.39 Å². The van der Waals surface area contributed by atoms with Gasteiger partial charge in [0.25, 0.3) is 0 Å². The van der Waals surface area contributed by atoms with Gasteiger partial charge in [0.05, 0.1) is 14.3 Å². The van der Waals surface area contributed by atoms with Crippen molar-refractivity contribution in [1.82, 2.24) is 9.97 Å². The number of benzene rings is 1. The molecule has 0 aliphatic heterocycles. The van der Waals surface area contributed by atoms with Gasteiger partial charge in [0.15, 0.2) is 5.82 Å². The van der Waals surface area contributed by atoms with Crippen LogP contribution in [0.25, 0.3) is 11.4 Å². The lowest BCUT2D eigenvalue weighted by atomic mass is 10.2. The minimum absolute atomic E-state index is 0.310. The Morgan fingerprint density at radius 2 is 2.11 bits per heavy atom. The molecule has 0 amide bonds. The van der Waals surface area contributed by atoms with Gasteiger partial charge in [0, 0.05) is 12.6 Å². The van der Waals surface area contributed by atoms with Crippen LogP contribution in [-0.4, -0.2) is 17.0 Å². The van der Waals surface area contributed by atoms with Crippen LogP contribution in [-0.2, 0) is 6.42 Å². The first-order valence-corrected chi connectivity index (χ1v) is 7.22. The third kappa shape index (κ3) is 2.97. The number of nitrogens with zero attached hydrogens (tertiary/aromatic N) is 2. The summed E-state index contributed by atoms with van der Waals surface area (Å²) in [5.74, 6) is 0.887. The molecule has 0 atom stereocenters. The summed E-state index contributed by atoms with van der Waals surface area (Å²) < 4.78 is 14.1. The van der Waals surface area contributed by atoms with Gasteiger partial charge in [-0.1, -0.05) is 18.5 Å². The molecule has 0 bridgehead atoms. The highest BCUT2D eigenvalue weighted by Crippen LogP contribution is 2.29. The van der Waals surface area contributed by atoms with Crippen molar-refractivity contribution in [2.24, 2.45) is 0 Å². The Morgan fingerprint density at radius 3 is 2.68 bits per heavy atom. The largest absolute Gasteiger partial charge is 0.372 e. The number of hydrogen-bond donors (Lipinski definition) is 1. The van der Waals surface area contributed by atoms with Gasteiger partial charge < -0.3 is 5.32 Å². The molecule has 0 unspecified atom stereocenters. The van der Waals surface area contributed by atoms with Gasteiger partial charge in [0.1, 0.15) is 11.6 Å². The molecule has 6 heteroatoms. The van der Waals surface area contributed by atoms with E-state index in [0.717, 1.165) is 21.5 Å². The molecule has 0 radical (unpaired) electrons. The normalized spacial score (nSPS) is 10.6. The monoisotopic (exact) mass is 391 g/mol. The van der Waals surface area contributed by atoms with Crippen LogP contribution in [0.4, 0.5) is 10.2 Å². The van der Waals surface area contributed by atoms with Crippen molar-refractivity contribution in [1.29, 1.82) is 0 Å². The molecule has 1 aromatic heterocycles. The average Bonchev–Trinajstić information content (AvgIpc) is 2.39. The summed E-state index contributed by atoms with van der Waals surface area (Å²) >= 11 is 8.26. The number of anilines is 1. The highest BCUT2D eigenvalue weighted by atomic mass is 127. The van der Waals surface area contributed by atoms with E-state index in [2.05, 4.69) is 37.9 Å². The molecule has 0 aliphatic carbocycles. The lowest BCUT2D eigenvalue weighted by Crippen LogP contribution is -2.05. The highest BCUT2D eigenvalue weighted by molar-refractivity contribution is 14.1. The maximum Gasteiger partial charge on any atom is 0.163 e. The fourth-order valence-electron chi connectivity index (χ4n) is 1.68. The van der Waals surface area contributed by atoms with Crippen LogP contribution in [0.1, 0.15) is 12.6 Å². The molecule has 1 aromatic carbocycles. The van der Waals surface area contributed by atoms with Crippen LogP contribution < -0.4 is 5.32 Å². The second-order valence-electron chi connectivity index (χ2n) is 3.88. The average molecular weight is 392 g/mol. The van der Waals surface area contributed by atoms with E-state index in [1.165, 1.54) is 12.1 Å². The third-order valence-corrected chi connectivity index (χ3v) is 4.11. The third-order valence-electron chi connectivity index (χ3n) is 2.66. The van der Waals surface area contributed by atoms with Crippen LogP contribution in [0.5, 0.6) is 0 Å². The number of nitrogens with one attached hydrogen (secondary N) is 1. The summed E-state index contributed by atoms with van der Waals surface area (Å²) in [6, 6.07) is 4.22. The maximum atomic E-state index is 13.1. The standard InChI is InChI=1S/C13H12ClFIN3/c1-3-10-11(16)13(17-2)19-12(18-10)8-5-4-7(15)6-9(8)14/h4-6H,3H2,1-2H3,(H,17,18,19). The molecule has 0 saturated heterocycles. The summed E-state index contributed by atoms with van der Waals surface area (Å²) in [7, 11) is 1.81. The van der Waals surface area contributed by atoms with Crippen molar-refractivity contribution < 1.29 is 4.39 Å². The first-order valence-electron chi connectivity index (χ1n) is 5.76. The lowest BCUT2D eigenvalue weighted by molar-refractivity contribution is 0.628. The molecule has 19 heavy (non-hydrogen) atoms. The first-order chi connectivity index (χ1) is 9.06. The molecule has 100 valence electrons. The van der Waals surface area contributed by atoms with Gasteiger partial charge in [-0.25, -0.2) is 14.4 Å². The number of aryl methyl sites for hydroxylation is 1. The Balaban J connectivity index is 2.62. The minimum atomic E-state index is -0.371. The van der Waals surface area contributed by atoms with E-state index in [4.69, 9.17) is 11.6 Å². The fourth-order valence-corrected chi connectivity index (χ4v) is 2.83. The van der Waals surface area contributed by atoms with Crippen molar-refractivity contribution in [3.63, 3.8) is 0 Å². The number of hydrogen-bond acceptors (Lipinski definition) is 3. The van der Waals surface area contributed by atoms with E-state index >= 15 is 0 Å². The summed E-state index contributed by atoms with van der Waals surface area (Å²) in [6.45, 7) is 2.03. The predicted octanol–water partition coefficient (Wildman–Crippen LogP) is 4.14. The summed E-state index contributed by atoms with van der Waals surface area (Å²) in [4.78, 5) is 8.92. The minimum Gasteiger partial charge on any atom is -0.372 e. The molecule has 0 saturated carbocycles. The second kappa shape index (κ2) is 6.00. The summed E-state index contributed by atoms with van der Waals surface area (Å²) in [5.41, 5.74) is 1.57. The highest BCUT2D eigenvalue weighted by Gasteiger charge is 2.13. The van der Waals surface area contributed by atoms with Crippen molar-refractivity contribution in [2.75, 3.05) is 12.4 Å². The molecular weight excluding hydrogens is 380 g/mol. The molecule has 3 nitrogen and oxygen atoms in total. The Labute approximate surface area is 129 Å². The first kappa shape index (κ1) is 14.5. The summed E-state index contributed by atoms with van der Waals surface area (Å²) in [5, 5.41) is 3.35. The van der Waals surface area contributed by atoms with Crippen molar-refractivity contribution >= 4 is 40.0 Å². The van der Waals surface area contributed by atoms with Crippen LogP contribution in [0.15, 0.2) is 18.2 Å². The van der Waals surface area contributed by atoms with Gasteiger partial charge >= 0.3 is 0 Å². The van der Waals surface area contributed by atoms with E-state index in [1.807, 2.05) is 6.92 Å². The molecular formula is C13H12ClFIN3. The molecule has 1 heterocycles. The van der Waals surface area contributed by atoms with Gasteiger partial charge in [-0.15, -0.1) is 0 Å². The number of rotatable bonds is 3. The zero-order valence-corrected chi connectivity index (χ0v) is 13.4. The Bertz CT molecular complexity index is 594. The maximum absolute atomic E-state index is 13.1. The Hall–Kier alpha value is -0.950. The van der Waals surface area contributed by atoms with Crippen LogP contribution >= 0.6 is 34.2 Å². The molecule has 0 spiro atoms. The zero-order chi connectivity index (χ0) is 14.0. The van der Waals surface area contributed by atoms with E-state index < -0.39 is 0 Å².